The van der Waals surface area contributed by atoms with Crippen LogP contribution in [0, 0.1) is 0 Å². The average Bonchev–Trinajstić information content (AvgIpc) is 3.11. The zero-order chi connectivity index (χ0) is 24.8. The zero-order valence-electron chi connectivity index (χ0n) is 16.6. The van der Waals surface area contributed by atoms with E-state index in [-0.39, 0.29) is 27.7 Å². The van der Waals surface area contributed by atoms with Gasteiger partial charge in [0, 0.05) is 10.6 Å². The number of nitrogens with zero attached hydrogens (tertiary/aromatic N) is 3. The average molecular weight is 524 g/mol. The number of rotatable bonds is 4. The molecule has 1 aliphatic rings. The van der Waals surface area contributed by atoms with Gasteiger partial charge in [0.05, 0.1) is 22.6 Å². The first-order valence-electron chi connectivity index (χ1n) is 9.39. The lowest BCUT2D eigenvalue weighted by Gasteiger charge is -2.23. The maximum Gasteiger partial charge on any atom is 0.573 e. The van der Waals surface area contributed by atoms with E-state index in [4.69, 9.17) is 11.6 Å². The van der Waals surface area contributed by atoms with E-state index < -0.39 is 47.0 Å². The number of ether oxygens (including phenoxy) is 1. The molecule has 0 amide bonds. The van der Waals surface area contributed by atoms with E-state index in [9.17, 15) is 36.2 Å². The fourth-order valence-electron chi connectivity index (χ4n) is 3.62. The van der Waals surface area contributed by atoms with Crippen LogP contribution in [0.1, 0.15) is 39.7 Å². The number of para-hydroxylation sites is 1. The van der Waals surface area contributed by atoms with E-state index in [0.717, 1.165) is 17.8 Å². The van der Waals surface area contributed by atoms with Gasteiger partial charge in [-0.05, 0) is 29.8 Å². The first kappa shape index (κ1) is 24.2. The second kappa shape index (κ2) is 8.69. The van der Waals surface area contributed by atoms with Gasteiger partial charge >= 0.3 is 18.5 Å². The second-order valence-corrected chi connectivity index (χ2v) is 8.86. The number of aromatic nitrogens is 3. The van der Waals surface area contributed by atoms with Crippen LogP contribution in [0.2, 0.25) is 5.02 Å². The van der Waals surface area contributed by atoms with Crippen molar-refractivity contribution >= 4 is 29.3 Å². The highest BCUT2D eigenvalue weighted by atomic mass is 35.5. The number of fused-ring (bicyclic) bond motifs is 3. The quantitative estimate of drug-likeness (QED) is 0.411. The van der Waals surface area contributed by atoms with Gasteiger partial charge in [-0.15, -0.1) is 35.1 Å². The molecule has 2 atom stereocenters. The van der Waals surface area contributed by atoms with Crippen molar-refractivity contribution < 1.29 is 41.0 Å². The Morgan fingerprint density at radius 1 is 1.09 bits per heavy atom. The molecule has 1 aromatic heterocycles. The van der Waals surface area contributed by atoms with E-state index in [0.29, 0.717) is 4.57 Å². The Bertz CT molecular complexity index is 1250. The minimum atomic E-state index is -5.04. The third kappa shape index (κ3) is 4.80. The summed E-state index contributed by atoms with van der Waals surface area (Å²) in [5.74, 6) is -3.63. The van der Waals surface area contributed by atoms with E-state index in [2.05, 4.69) is 14.9 Å². The van der Waals surface area contributed by atoms with Crippen LogP contribution >= 0.6 is 23.4 Å². The predicted octanol–water partition coefficient (Wildman–Crippen LogP) is 6.19. The summed E-state index contributed by atoms with van der Waals surface area (Å²) in [5, 5.41) is 14.1. The molecule has 0 spiro atoms. The number of benzene rings is 2. The Hall–Kier alpha value is -2.93. The summed E-state index contributed by atoms with van der Waals surface area (Å²) in [7, 11) is 0. The number of halogens is 7. The Balaban J connectivity index is 2.00. The number of carboxylic acid groups (broad SMARTS) is 1. The van der Waals surface area contributed by atoms with Crippen LogP contribution in [0.25, 0.3) is 5.69 Å². The molecule has 1 N–H and O–H groups in total. The molecule has 0 saturated carbocycles. The molecule has 3 aromatic rings. The molecule has 0 saturated heterocycles. The highest BCUT2D eigenvalue weighted by Gasteiger charge is 2.44. The molecule has 14 heteroatoms. The SMILES string of the molecule is O=C(O)C[C@H]1S[C@H](c2ccccc2OC(F)(F)F)c2cc(Cl)ccc2-n2c1nnc2C(F)(F)F. The number of alkyl halides is 6. The number of hydrogen-bond acceptors (Lipinski definition) is 5. The molecule has 6 nitrogen and oxygen atoms in total. The molecule has 0 radical (unpaired) electrons. The first-order chi connectivity index (χ1) is 15.8. The smallest absolute Gasteiger partial charge is 0.481 e. The standard InChI is InChI=1S/C20H12ClF6N3O3S/c21-9-5-6-12-11(7-9)16(10-3-1-2-4-13(10)33-20(25,26)27)34-14(8-15(31)32)17-28-29-18(30(12)17)19(22,23)24/h1-7,14,16H,8H2,(H,31,32)/t14-,16-/m1/s1. The molecule has 0 unspecified atom stereocenters. The van der Waals surface area contributed by atoms with Crippen LogP contribution in [0.4, 0.5) is 26.3 Å². The second-order valence-electron chi connectivity index (χ2n) is 7.11. The maximum absolute atomic E-state index is 13.8. The van der Waals surface area contributed by atoms with Gasteiger partial charge in [0.25, 0.3) is 0 Å². The Morgan fingerprint density at radius 3 is 2.44 bits per heavy atom. The van der Waals surface area contributed by atoms with Gasteiger partial charge in [-0.2, -0.15) is 13.2 Å². The molecule has 180 valence electrons. The molecule has 0 bridgehead atoms. The van der Waals surface area contributed by atoms with Crippen LogP contribution in [-0.4, -0.2) is 32.2 Å². The molecular formula is C20H12ClF6N3O3S. The van der Waals surface area contributed by atoms with E-state index >= 15 is 0 Å². The summed E-state index contributed by atoms with van der Waals surface area (Å²) in [4.78, 5) is 11.5. The summed E-state index contributed by atoms with van der Waals surface area (Å²) < 4.78 is 85.3. The lowest BCUT2D eigenvalue weighted by molar-refractivity contribution is -0.274. The van der Waals surface area contributed by atoms with Crippen molar-refractivity contribution in [1.29, 1.82) is 0 Å². The van der Waals surface area contributed by atoms with Crippen LogP contribution in [0.5, 0.6) is 5.75 Å². The largest absolute Gasteiger partial charge is 0.573 e. The van der Waals surface area contributed by atoms with Gasteiger partial charge in [-0.25, -0.2) is 0 Å². The van der Waals surface area contributed by atoms with Crippen LogP contribution in [0.3, 0.4) is 0 Å². The third-order valence-electron chi connectivity index (χ3n) is 4.83. The van der Waals surface area contributed by atoms with Crippen molar-refractivity contribution in [3.8, 4) is 11.4 Å². The lowest BCUT2D eigenvalue weighted by atomic mass is 10.0. The minimum Gasteiger partial charge on any atom is -0.481 e. The molecule has 0 fully saturated rings. The Labute approximate surface area is 196 Å². The van der Waals surface area contributed by atoms with Gasteiger partial charge in [0.2, 0.25) is 5.82 Å². The first-order valence-corrected chi connectivity index (χ1v) is 10.7. The summed E-state index contributed by atoms with van der Waals surface area (Å²) in [6.45, 7) is 0. The summed E-state index contributed by atoms with van der Waals surface area (Å²) in [6.07, 6.45) is -10.7. The number of carbonyl (C=O) groups is 1. The summed E-state index contributed by atoms with van der Waals surface area (Å²) in [5.41, 5.74) is -0.0184. The van der Waals surface area contributed by atoms with Crippen molar-refractivity contribution in [2.75, 3.05) is 0 Å². The van der Waals surface area contributed by atoms with Crippen molar-refractivity contribution in [3.05, 3.63) is 70.3 Å². The van der Waals surface area contributed by atoms with Crippen LogP contribution < -0.4 is 4.74 Å². The van der Waals surface area contributed by atoms with Crippen molar-refractivity contribution in [1.82, 2.24) is 14.8 Å². The number of hydrogen-bond donors (Lipinski definition) is 1. The highest BCUT2D eigenvalue weighted by molar-refractivity contribution is 8.00. The van der Waals surface area contributed by atoms with Gasteiger partial charge < -0.3 is 9.84 Å². The Kier molecular flexibility index (Phi) is 6.19. The van der Waals surface area contributed by atoms with Crippen LogP contribution in [0.15, 0.2) is 42.5 Å². The Morgan fingerprint density at radius 2 is 1.79 bits per heavy atom. The fourth-order valence-corrected chi connectivity index (χ4v) is 5.32. The van der Waals surface area contributed by atoms with Gasteiger partial charge in [-0.3, -0.25) is 9.36 Å². The number of thioether (sulfide) groups is 1. The molecular weight excluding hydrogens is 512 g/mol. The topological polar surface area (TPSA) is 77.2 Å². The van der Waals surface area contributed by atoms with Crippen molar-refractivity contribution in [3.63, 3.8) is 0 Å². The van der Waals surface area contributed by atoms with E-state index in [1.54, 1.807) is 0 Å². The zero-order valence-corrected chi connectivity index (χ0v) is 18.1. The fraction of sp³-hybridized carbons (Fsp3) is 0.250. The molecule has 0 aliphatic carbocycles. The van der Waals surface area contributed by atoms with Gasteiger partial charge in [0.15, 0.2) is 5.82 Å². The summed E-state index contributed by atoms with van der Waals surface area (Å²) in [6, 6.07) is 8.99. The highest BCUT2D eigenvalue weighted by Crippen LogP contribution is 2.53. The molecule has 2 aromatic carbocycles. The van der Waals surface area contributed by atoms with Crippen molar-refractivity contribution in [2.24, 2.45) is 0 Å². The maximum atomic E-state index is 13.8. The van der Waals surface area contributed by atoms with Crippen molar-refractivity contribution in [2.45, 2.75) is 29.5 Å². The lowest BCUT2D eigenvalue weighted by Crippen LogP contribution is -2.19. The predicted molar refractivity (Wildman–Crippen MR) is 109 cm³/mol. The van der Waals surface area contributed by atoms with Gasteiger partial charge in [0.1, 0.15) is 5.75 Å². The molecule has 34 heavy (non-hydrogen) atoms. The minimum absolute atomic E-state index is 0.0315. The third-order valence-corrected chi connectivity index (χ3v) is 6.55. The number of carboxylic acids is 1. The van der Waals surface area contributed by atoms with E-state index in [1.807, 2.05) is 0 Å². The van der Waals surface area contributed by atoms with Gasteiger partial charge in [-0.1, -0.05) is 29.8 Å². The monoisotopic (exact) mass is 523 g/mol. The molecule has 4 rings (SSSR count). The number of aliphatic carboxylic acids is 1. The normalized spacial score (nSPS) is 18.1. The van der Waals surface area contributed by atoms with E-state index in [1.165, 1.54) is 36.4 Å². The molecule has 1 aliphatic heterocycles. The molecule has 2 heterocycles. The van der Waals surface area contributed by atoms with Crippen LogP contribution in [-0.2, 0) is 11.0 Å². The summed E-state index contributed by atoms with van der Waals surface area (Å²) >= 11 is 6.92.